The highest BCUT2D eigenvalue weighted by Gasteiger charge is 2.20. The number of nitrogens with two attached hydrogens (primary N) is 1. The molecule has 3 heteroatoms. The van der Waals surface area contributed by atoms with Crippen LogP contribution in [-0.4, -0.2) is 9.61 Å². The van der Waals surface area contributed by atoms with E-state index in [0.29, 0.717) is 0 Å². The van der Waals surface area contributed by atoms with Gasteiger partial charge in [-0.15, -0.1) is 0 Å². The Hall–Kier alpha value is -1.35. The molecule has 0 saturated heterocycles. The van der Waals surface area contributed by atoms with Crippen molar-refractivity contribution >= 4 is 5.52 Å². The van der Waals surface area contributed by atoms with E-state index in [2.05, 4.69) is 11.2 Å². The van der Waals surface area contributed by atoms with Crippen molar-refractivity contribution in [2.45, 2.75) is 38.1 Å². The Kier molecular flexibility index (Phi) is 2.85. The minimum absolute atomic E-state index is 0.137. The number of rotatable bonds is 3. The SMILES string of the molecule is NC(CC1CCCC1)c1cnn2ccccc12. The van der Waals surface area contributed by atoms with Crippen molar-refractivity contribution in [3.05, 3.63) is 36.2 Å². The van der Waals surface area contributed by atoms with Gasteiger partial charge in [-0.05, 0) is 24.5 Å². The highest BCUT2D eigenvalue weighted by molar-refractivity contribution is 5.54. The predicted molar refractivity (Wildman–Crippen MR) is 68.7 cm³/mol. The van der Waals surface area contributed by atoms with Gasteiger partial charge in [0.05, 0.1) is 11.7 Å². The number of fused-ring (bicyclic) bond motifs is 1. The molecule has 1 fully saturated rings. The zero-order valence-electron chi connectivity index (χ0n) is 10.0. The maximum Gasteiger partial charge on any atom is 0.0709 e. The highest BCUT2D eigenvalue weighted by atomic mass is 15.2. The summed E-state index contributed by atoms with van der Waals surface area (Å²) in [5.41, 5.74) is 8.68. The number of pyridine rings is 1. The highest BCUT2D eigenvalue weighted by Crippen LogP contribution is 2.32. The zero-order chi connectivity index (χ0) is 11.7. The first-order valence-electron chi connectivity index (χ1n) is 6.52. The molecule has 1 aliphatic rings. The summed E-state index contributed by atoms with van der Waals surface area (Å²) in [4.78, 5) is 0. The van der Waals surface area contributed by atoms with Crippen molar-refractivity contribution in [3.63, 3.8) is 0 Å². The molecule has 3 rings (SSSR count). The van der Waals surface area contributed by atoms with Crippen molar-refractivity contribution in [2.24, 2.45) is 11.7 Å². The lowest BCUT2D eigenvalue weighted by Crippen LogP contribution is -2.13. The van der Waals surface area contributed by atoms with Crippen LogP contribution in [0, 0.1) is 5.92 Å². The molecule has 90 valence electrons. The van der Waals surface area contributed by atoms with Gasteiger partial charge in [0.25, 0.3) is 0 Å². The van der Waals surface area contributed by atoms with E-state index in [1.54, 1.807) is 0 Å². The van der Waals surface area contributed by atoms with Crippen LogP contribution in [0.2, 0.25) is 0 Å². The molecule has 2 N–H and O–H groups in total. The smallest absolute Gasteiger partial charge is 0.0709 e. The van der Waals surface area contributed by atoms with Crippen molar-refractivity contribution in [2.75, 3.05) is 0 Å². The fourth-order valence-electron chi connectivity index (χ4n) is 2.97. The zero-order valence-corrected chi connectivity index (χ0v) is 10.0. The third-order valence-corrected chi connectivity index (χ3v) is 3.92. The van der Waals surface area contributed by atoms with Gasteiger partial charge >= 0.3 is 0 Å². The van der Waals surface area contributed by atoms with Crippen LogP contribution < -0.4 is 5.73 Å². The van der Waals surface area contributed by atoms with E-state index in [-0.39, 0.29) is 6.04 Å². The molecule has 1 saturated carbocycles. The first kappa shape index (κ1) is 10.8. The van der Waals surface area contributed by atoms with Crippen LogP contribution in [0.1, 0.15) is 43.7 Å². The third kappa shape index (κ3) is 2.07. The molecule has 0 aliphatic heterocycles. The molecule has 2 aromatic heterocycles. The maximum atomic E-state index is 6.33. The van der Waals surface area contributed by atoms with Gasteiger partial charge in [-0.1, -0.05) is 31.7 Å². The van der Waals surface area contributed by atoms with E-state index >= 15 is 0 Å². The summed E-state index contributed by atoms with van der Waals surface area (Å²) in [6.07, 6.45) is 10.5. The quantitative estimate of drug-likeness (QED) is 0.879. The molecule has 2 heterocycles. The second kappa shape index (κ2) is 4.49. The average Bonchev–Trinajstić information content (AvgIpc) is 2.96. The topological polar surface area (TPSA) is 43.3 Å². The lowest BCUT2D eigenvalue weighted by molar-refractivity contribution is 0.452. The molecular formula is C14H19N3. The molecule has 3 nitrogen and oxygen atoms in total. The lowest BCUT2D eigenvalue weighted by Gasteiger charge is -2.15. The first-order chi connectivity index (χ1) is 8.34. The van der Waals surface area contributed by atoms with E-state index in [4.69, 9.17) is 5.73 Å². The molecule has 0 bridgehead atoms. The molecule has 1 aliphatic carbocycles. The predicted octanol–water partition coefficient (Wildman–Crippen LogP) is 2.91. The van der Waals surface area contributed by atoms with Crippen LogP contribution >= 0.6 is 0 Å². The van der Waals surface area contributed by atoms with Gasteiger partial charge in [0, 0.05) is 17.8 Å². The van der Waals surface area contributed by atoms with Crippen molar-refractivity contribution in [1.29, 1.82) is 0 Å². The average molecular weight is 229 g/mol. The van der Waals surface area contributed by atoms with Crippen LogP contribution in [0.15, 0.2) is 30.6 Å². The van der Waals surface area contributed by atoms with E-state index in [1.807, 2.05) is 29.0 Å². The van der Waals surface area contributed by atoms with E-state index < -0.39 is 0 Å². The van der Waals surface area contributed by atoms with Gasteiger partial charge in [0.2, 0.25) is 0 Å². The van der Waals surface area contributed by atoms with Crippen LogP contribution in [0.3, 0.4) is 0 Å². The number of aromatic nitrogens is 2. The Labute approximate surface area is 102 Å². The Morgan fingerprint density at radius 1 is 1.35 bits per heavy atom. The van der Waals surface area contributed by atoms with Crippen LogP contribution in [0.5, 0.6) is 0 Å². The number of nitrogens with zero attached hydrogens (tertiary/aromatic N) is 2. The monoisotopic (exact) mass is 229 g/mol. The van der Waals surface area contributed by atoms with Gasteiger partial charge < -0.3 is 5.73 Å². The summed E-state index contributed by atoms with van der Waals surface area (Å²) in [7, 11) is 0. The molecule has 0 amide bonds. The lowest BCUT2D eigenvalue weighted by atomic mass is 9.95. The largest absolute Gasteiger partial charge is 0.324 e. The van der Waals surface area contributed by atoms with Crippen molar-refractivity contribution in [3.8, 4) is 0 Å². The van der Waals surface area contributed by atoms with Gasteiger partial charge in [0.1, 0.15) is 0 Å². The summed E-state index contributed by atoms with van der Waals surface area (Å²) < 4.78 is 1.91. The summed E-state index contributed by atoms with van der Waals surface area (Å²) >= 11 is 0. The molecule has 0 radical (unpaired) electrons. The Balaban J connectivity index is 1.82. The van der Waals surface area contributed by atoms with Crippen LogP contribution in [0.25, 0.3) is 5.52 Å². The molecule has 1 atom stereocenters. The molecule has 17 heavy (non-hydrogen) atoms. The van der Waals surface area contributed by atoms with Crippen molar-refractivity contribution in [1.82, 2.24) is 9.61 Å². The molecule has 1 unspecified atom stereocenters. The molecule has 0 spiro atoms. The van der Waals surface area contributed by atoms with Gasteiger partial charge in [-0.25, -0.2) is 4.52 Å². The van der Waals surface area contributed by atoms with E-state index in [0.717, 1.165) is 17.9 Å². The Morgan fingerprint density at radius 2 is 2.18 bits per heavy atom. The Bertz CT molecular complexity index is 497. The summed E-state index contributed by atoms with van der Waals surface area (Å²) in [5.74, 6) is 0.823. The van der Waals surface area contributed by atoms with Gasteiger partial charge in [-0.2, -0.15) is 5.10 Å². The van der Waals surface area contributed by atoms with Gasteiger partial charge in [-0.3, -0.25) is 0 Å². The van der Waals surface area contributed by atoms with E-state index in [1.165, 1.54) is 31.2 Å². The fourth-order valence-corrected chi connectivity index (χ4v) is 2.97. The maximum absolute atomic E-state index is 6.33. The van der Waals surface area contributed by atoms with Gasteiger partial charge in [0.15, 0.2) is 0 Å². The molecular weight excluding hydrogens is 210 g/mol. The minimum atomic E-state index is 0.137. The fraction of sp³-hybridized carbons (Fsp3) is 0.500. The number of hydrogen-bond donors (Lipinski definition) is 1. The molecule has 0 aromatic carbocycles. The van der Waals surface area contributed by atoms with E-state index in [9.17, 15) is 0 Å². The standard InChI is InChI=1S/C14H19N3/c15-13(9-11-5-1-2-6-11)12-10-16-17-8-4-3-7-14(12)17/h3-4,7-8,10-11,13H,1-2,5-6,9,15H2. The van der Waals surface area contributed by atoms with Crippen LogP contribution in [0.4, 0.5) is 0 Å². The molecule has 2 aromatic rings. The Morgan fingerprint density at radius 3 is 3.00 bits per heavy atom. The summed E-state index contributed by atoms with van der Waals surface area (Å²) in [6.45, 7) is 0. The van der Waals surface area contributed by atoms with Crippen LogP contribution in [-0.2, 0) is 0 Å². The number of hydrogen-bond acceptors (Lipinski definition) is 2. The summed E-state index contributed by atoms with van der Waals surface area (Å²) in [5, 5.41) is 4.35. The third-order valence-electron chi connectivity index (χ3n) is 3.92. The minimum Gasteiger partial charge on any atom is -0.324 e. The second-order valence-corrected chi connectivity index (χ2v) is 5.12. The summed E-state index contributed by atoms with van der Waals surface area (Å²) in [6, 6.07) is 6.27. The van der Waals surface area contributed by atoms with Crippen molar-refractivity contribution < 1.29 is 0 Å². The first-order valence-corrected chi connectivity index (χ1v) is 6.52. The second-order valence-electron chi connectivity index (χ2n) is 5.12. The normalized spacial score (nSPS) is 18.9.